The van der Waals surface area contributed by atoms with Gasteiger partial charge in [-0.1, -0.05) is 26.0 Å². The number of rotatable bonds is 7. The van der Waals surface area contributed by atoms with Crippen LogP contribution in [0, 0.1) is 17.2 Å². The molecule has 188 valence electrons. The smallest absolute Gasteiger partial charge is 0.227 e. The molecule has 3 aliphatic heterocycles. The molecule has 0 saturated carbocycles. The number of amides is 1. The van der Waals surface area contributed by atoms with E-state index in [-0.39, 0.29) is 17.8 Å². The largest absolute Gasteiger partial charge is 0.359 e. The number of halogens is 1. The van der Waals surface area contributed by atoms with Crippen molar-refractivity contribution in [2.45, 2.75) is 52.0 Å². The first kappa shape index (κ1) is 24.0. The summed E-state index contributed by atoms with van der Waals surface area (Å²) in [7, 11) is 1.69. The summed E-state index contributed by atoms with van der Waals surface area (Å²) in [5, 5.41) is 6.20. The molecule has 1 aromatic heterocycles. The third-order valence-electron chi connectivity index (χ3n) is 7.81. The maximum atomic E-state index is 15.0. The average molecular weight is 481 g/mol. The molecule has 1 amide bonds. The van der Waals surface area contributed by atoms with Gasteiger partial charge in [-0.15, -0.1) is 0 Å². The van der Waals surface area contributed by atoms with Crippen LogP contribution in [0.25, 0.3) is 11.3 Å². The first-order valence-electron chi connectivity index (χ1n) is 13.0. The molecule has 0 bridgehead atoms. The van der Waals surface area contributed by atoms with Gasteiger partial charge in [0.05, 0.1) is 5.69 Å². The maximum Gasteiger partial charge on any atom is 0.227 e. The Balaban J connectivity index is 1.60. The molecule has 0 radical (unpaired) electrons. The Labute approximate surface area is 207 Å². The fraction of sp³-hybridized carbons (Fsp3) is 0.593. The third kappa shape index (κ3) is 4.73. The first-order valence-corrected chi connectivity index (χ1v) is 13.0. The molecule has 3 aliphatic rings. The van der Waals surface area contributed by atoms with Crippen LogP contribution in [0.2, 0.25) is 0 Å². The number of nitrogens with zero attached hydrogens (tertiary/aromatic N) is 4. The number of aromatic nitrogens is 2. The predicted molar refractivity (Wildman–Crippen MR) is 137 cm³/mol. The van der Waals surface area contributed by atoms with E-state index in [1.54, 1.807) is 13.1 Å². The summed E-state index contributed by atoms with van der Waals surface area (Å²) in [4.78, 5) is 27.2. The van der Waals surface area contributed by atoms with Crippen LogP contribution in [0.4, 0.5) is 16.2 Å². The van der Waals surface area contributed by atoms with Crippen LogP contribution in [0.5, 0.6) is 0 Å². The number of carbonyl (C=O) groups excluding carboxylic acids is 1. The predicted octanol–water partition coefficient (Wildman–Crippen LogP) is 3.39. The summed E-state index contributed by atoms with van der Waals surface area (Å²) in [6.45, 7) is 9.10. The van der Waals surface area contributed by atoms with Crippen molar-refractivity contribution >= 4 is 17.7 Å². The molecule has 1 aromatic carbocycles. The minimum atomic E-state index is -0.262. The van der Waals surface area contributed by atoms with Gasteiger partial charge in [-0.05, 0) is 43.7 Å². The molecule has 2 N–H and O–H groups in total. The molecule has 5 rings (SSSR count). The molecular weight excluding hydrogens is 443 g/mol. The van der Waals surface area contributed by atoms with Gasteiger partial charge < -0.3 is 20.4 Å². The highest BCUT2D eigenvalue weighted by Gasteiger charge is 2.44. The van der Waals surface area contributed by atoms with Gasteiger partial charge in [0.15, 0.2) is 0 Å². The monoisotopic (exact) mass is 480 g/mol. The number of hydrogen-bond acceptors (Lipinski definition) is 6. The van der Waals surface area contributed by atoms with Crippen molar-refractivity contribution < 1.29 is 9.18 Å². The Morgan fingerprint density at radius 1 is 1.23 bits per heavy atom. The van der Waals surface area contributed by atoms with E-state index in [1.165, 1.54) is 6.07 Å². The summed E-state index contributed by atoms with van der Waals surface area (Å²) in [6.07, 6.45) is 4.16. The number of benzene rings is 1. The van der Waals surface area contributed by atoms with Crippen LogP contribution < -0.4 is 20.4 Å². The molecule has 0 aliphatic carbocycles. The van der Waals surface area contributed by atoms with Crippen molar-refractivity contribution in [1.29, 1.82) is 0 Å². The second-order valence-electron chi connectivity index (χ2n) is 10.9. The zero-order chi connectivity index (χ0) is 24.6. The quantitative estimate of drug-likeness (QED) is 0.633. The van der Waals surface area contributed by atoms with Crippen LogP contribution in [0.3, 0.4) is 0 Å². The Bertz CT molecular complexity index is 1090. The molecule has 2 saturated heterocycles. The van der Waals surface area contributed by atoms with Crippen molar-refractivity contribution in [3.8, 4) is 11.3 Å². The van der Waals surface area contributed by atoms with E-state index in [2.05, 4.69) is 34.3 Å². The fourth-order valence-corrected chi connectivity index (χ4v) is 5.89. The molecule has 2 aromatic rings. The molecule has 2 fully saturated rings. The van der Waals surface area contributed by atoms with Gasteiger partial charge in [0.2, 0.25) is 11.9 Å². The second-order valence-corrected chi connectivity index (χ2v) is 10.9. The van der Waals surface area contributed by atoms with Gasteiger partial charge >= 0.3 is 0 Å². The van der Waals surface area contributed by atoms with Gasteiger partial charge in [0.1, 0.15) is 11.6 Å². The summed E-state index contributed by atoms with van der Waals surface area (Å²) in [6, 6.07) is 6.94. The Kier molecular flexibility index (Phi) is 6.66. The van der Waals surface area contributed by atoms with E-state index in [1.807, 2.05) is 12.1 Å². The van der Waals surface area contributed by atoms with E-state index in [0.717, 1.165) is 69.8 Å². The topological polar surface area (TPSA) is 73.4 Å². The first-order chi connectivity index (χ1) is 16.9. The Morgan fingerprint density at radius 3 is 2.69 bits per heavy atom. The summed E-state index contributed by atoms with van der Waals surface area (Å²) < 4.78 is 15.0. The average Bonchev–Trinajstić information content (AvgIpc) is 3.29. The lowest BCUT2D eigenvalue weighted by atomic mass is 9.81. The Morgan fingerprint density at radius 2 is 2.03 bits per heavy atom. The molecular formula is C27H37FN6O. The lowest BCUT2D eigenvalue weighted by molar-refractivity contribution is -0.121. The molecule has 35 heavy (non-hydrogen) atoms. The molecule has 1 unspecified atom stereocenters. The maximum absolute atomic E-state index is 15.0. The van der Waals surface area contributed by atoms with Crippen LogP contribution in [-0.2, 0) is 11.2 Å². The highest BCUT2D eigenvalue weighted by molar-refractivity contribution is 5.77. The number of hydrogen-bond donors (Lipinski definition) is 2. The number of fused-ring (bicyclic) bond motifs is 1. The molecule has 1 spiro atoms. The van der Waals surface area contributed by atoms with Gasteiger partial charge in [-0.3, -0.25) is 4.79 Å². The van der Waals surface area contributed by atoms with E-state index in [0.29, 0.717) is 35.0 Å². The third-order valence-corrected chi connectivity index (χ3v) is 7.81. The summed E-state index contributed by atoms with van der Waals surface area (Å²) >= 11 is 0. The Hall–Kier alpha value is -2.74. The van der Waals surface area contributed by atoms with Crippen molar-refractivity contribution in [3.05, 3.63) is 35.6 Å². The van der Waals surface area contributed by atoms with Crippen LogP contribution in [-0.4, -0.2) is 61.7 Å². The van der Waals surface area contributed by atoms with Crippen LogP contribution in [0.15, 0.2) is 24.3 Å². The highest BCUT2D eigenvalue weighted by Crippen LogP contribution is 2.40. The van der Waals surface area contributed by atoms with E-state index >= 15 is 4.39 Å². The van der Waals surface area contributed by atoms with Crippen molar-refractivity contribution in [3.63, 3.8) is 0 Å². The van der Waals surface area contributed by atoms with Crippen molar-refractivity contribution in [2.75, 3.05) is 49.6 Å². The lowest BCUT2D eigenvalue weighted by Gasteiger charge is -2.40. The molecule has 1 atom stereocenters. The minimum Gasteiger partial charge on any atom is -0.359 e. The van der Waals surface area contributed by atoms with Gasteiger partial charge in [0, 0.05) is 68.8 Å². The number of nitrogens with one attached hydrogen (secondary N) is 2. The molecule has 4 heterocycles. The zero-order valence-electron chi connectivity index (χ0n) is 21.1. The van der Waals surface area contributed by atoms with E-state index in [4.69, 9.17) is 9.97 Å². The van der Waals surface area contributed by atoms with Gasteiger partial charge in [-0.25, -0.2) is 9.37 Å². The van der Waals surface area contributed by atoms with Crippen molar-refractivity contribution in [1.82, 2.24) is 20.6 Å². The fourth-order valence-electron chi connectivity index (χ4n) is 5.89. The van der Waals surface area contributed by atoms with Gasteiger partial charge in [0.25, 0.3) is 0 Å². The summed E-state index contributed by atoms with van der Waals surface area (Å²) in [5.41, 5.74) is 2.52. The van der Waals surface area contributed by atoms with Crippen molar-refractivity contribution in [2.24, 2.45) is 11.3 Å². The van der Waals surface area contributed by atoms with Gasteiger partial charge in [-0.2, -0.15) is 4.98 Å². The standard InChI is InChI=1S/C27H37FN6O/c1-18(2)13-19(14-23(35)29-3)34-11-6-8-21-24(20-7-4-5-9-22(20)28)31-26(32-25(21)34)33-12-10-27(17-33)15-30-16-27/h4-5,7,9,18-19,30H,6,8,10-17H2,1-3H3,(H,29,35). The van der Waals surface area contributed by atoms with Crippen LogP contribution >= 0.6 is 0 Å². The number of carbonyl (C=O) groups is 1. The zero-order valence-corrected chi connectivity index (χ0v) is 21.1. The normalized spacial score (nSPS) is 19.6. The number of anilines is 2. The molecule has 8 heteroatoms. The van der Waals surface area contributed by atoms with E-state index in [9.17, 15) is 4.79 Å². The lowest BCUT2D eigenvalue weighted by Crippen LogP contribution is -2.54. The second kappa shape index (κ2) is 9.72. The van der Waals surface area contributed by atoms with Crippen LogP contribution in [0.1, 0.15) is 45.1 Å². The van der Waals surface area contributed by atoms with E-state index < -0.39 is 0 Å². The SMILES string of the molecule is CNC(=O)CC(CC(C)C)N1CCCc2c(-c3ccccc3F)nc(N3CCC4(CNC4)C3)nc21. The minimum absolute atomic E-state index is 0.0327. The summed E-state index contributed by atoms with van der Waals surface area (Å²) in [5.74, 6) is 1.77. The molecule has 7 nitrogen and oxygen atoms in total. The highest BCUT2D eigenvalue weighted by atomic mass is 19.1.